The molecule has 0 bridgehead atoms. The van der Waals surface area contributed by atoms with E-state index >= 15 is 0 Å². The van der Waals surface area contributed by atoms with Crippen LogP contribution in [0.5, 0.6) is 0 Å². The standard InChI is InChI=1S/C12H14F2O/c1-8(2)7-11(15)9-5-3-4-6-10(9)12(13)14/h3-6,8,12H,7H2,1-2H3. The SMILES string of the molecule is CC(C)CC(=O)c1ccccc1C(F)F. The van der Waals surface area contributed by atoms with Crippen molar-refractivity contribution in [3.05, 3.63) is 35.4 Å². The third kappa shape index (κ3) is 3.11. The van der Waals surface area contributed by atoms with Gasteiger partial charge in [0, 0.05) is 17.5 Å². The van der Waals surface area contributed by atoms with Gasteiger partial charge in [-0.1, -0.05) is 38.1 Å². The van der Waals surface area contributed by atoms with Crippen LogP contribution in [0, 0.1) is 5.92 Å². The van der Waals surface area contributed by atoms with E-state index in [2.05, 4.69) is 0 Å². The summed E-state index contributed by atoms with van der Waals surface area (Å²) in [5.74, 6) is -0.0240. The molecule has 0 unspecified atom stereocenters. The van der Waals surface area contributed by atoms with E-state index in [0.717, 1.165) is 0 Å². The Labute approximate surface area is 88.1 Å². The largest absolute Gasteiger partial charge is 0.294 e. The number of carbonyl (C=O) groups excluding carboxylic acids is 1. The molecule has 0 heterocycles. The molecule has 0 saturated heterocycles. The lowest BCUT2D eigenvalue weighted by Crippen LogP contribution is -2.07. The second kappa shape index (κ2) is 5.01. The summed E-state index contributed by atoms with van der Waals surface area (Å²) >= 11 is 0. The molecule has 15 heavy (non-hydrogen) atoms. The van der Waals surface area contributed by atoms with E-state index in [0.29, 0.717) is 6.42 Å². The highest BCUT2D eigenvalue weighted by Gasteiger charge is 2.17. The molecular formula is C12H14F2O. The maximum absolute atomic E-state index is 12.6. The number of hydrogen-bond donors (Lipinski definition) is 0. The zero-order valence-corrected chi connectivity index (χ0v) is 8.84. The summed E-state index contributed by atoms with van der Waals surface area (Å²) in [6.45, 7) is 3.78. The van der Waals surface area contributed by atoms with Crippen LogP contribution in [0.1, 0.15) is 42.6 Å². The van der Waals surface area contributed by atoms with Gasteiger partial charge in [-0.05, 0) is 5.92 Å². The molecule has 1 aromatic rings. The molecule has 0 amide bonds. The van der Waals surface area contributed by atoms with Crippen molar-refractivity contribution in [3.63, 3.8) is 0 Å². The molecule has 1 nitrogen and oxygen atoms in total. The maximum Gasteiger partial charge on any atom is 0.264 e. The molecule has 0 aromatic heterocycles. The molecule has 3 heteroatoms. The summed E-state index contributed by atoms with van der Waals surface area (Å²) in [6, 6.07) is 5.90. The maximum atomic E-state index is 12.6. The Morgan fingerprint density at radius 2 is 1.87 bits per heavy atom. The summed E-state index contributed by atoms with van der Waals surface area (Å²) in [7, 11) is 0. The van der Waals surface area contributed by atoms with Crippen LogP contribution in [-0.2, 0) is 0 Å². The van der Waals surface area contributed by atoms with Crippen molar-refractivity contribution in [2.24, 2.45) is 5.92 Å². The van der Waals surface area contributed by atoms with E-state index in [-0.39, 0.29) is 22.8 Å². The first-order chi connectivity index (χ1) is 7.02. The van der Waals surface area contributed by atoms with Crippen LogP contribution in [-0.4, -0.2) is 5.78 Å². The molecule has 0 N–H and O–H groups in total. The van der Waals surface area contributed by atoms with Gasteiger partial charge in [0.25, 0.3) is 6.43 Å². The Balaban J connectivity index is 2.97. The van der Waals surface area contributed by atoms with Crippen molar-refractivity contribution >= 4 is 5.78 Å². The molecule has 0 spiro atoms. The number of alkyl halides is 2. The zero-order chi connectivity index (χ0) is 11.4. The molecule has 0 saturated carbocycles. The predicted molar refractivity (Wildman–Crippen MR) is 55.2 cm³/mol. The molecule has 0 atom stereocenters. The lowest BCUT2D eigenvalue weighted by molar-refractivity contribution is 0.0954. The van der Waals surface area contributed by atoms with Crippen molar-refractivity contribution < 1.29 is 13.6 Å². The van der Waals surface area contributed by atoms with E-state index in [1.807, 2.05) is 13.8 Å². The molecule has 0 aliphatic heterocycles. The molecule has 1 aromatic carbocycles. The minimum Gasteiger partial charge on any atom is -0.294 e. The Hall–Kier alpha value is -1.25. The molecule has 0 aliphatic rings. The van der Waals surface area contributed by atoms with Gasteiger partial charge in [0.2, 0.25) is 0 Å². The van der Waals surface area contributed by atoms with Crippen molar-refractivity contribution in [2.45, 2.75) is 26.7 Å². The predicted octanol–water partition coefficient (Wildman–Crippen LogP) is 3.85. The van der Waals surface area contributed by atoms with Crippen molar-refractivity contribution in [1.82, 2.24) is 0 Å². The topological polar surface area (TPSA) is 17.1 Å². The van der Waals surface area contributed by atoms with E-state index < -0.39 is 6.43 Å². The fraction of sp³-hybridized carbons (Fsp3) is 0.417. The van der Waals surface area contributed by atoms with Gasteiger partial charge < -0.3 is 0 Å². The van der Waals surface area contributed by atoms with Crippen LogP contribution >= 0.6 is 0 Å². The highest BCUT2D eigenvalue weighted by atomic mass is 19.3. The van der Waals surface area contributed by atoms with Crippen molar-refractivity contribution in [1.29, 1.82) is 0 Å². The monoisotopic (exact) mass is 212 g/mol. The first-order valence-corrected chi connectivity index (χ1v) is 4.92. The Kier molecular flexibility index (Phi) is 3.95. The Morgan fingerprint density at radius 3 is 2.40 bits per heavy atom. The summed E-state index contributed by atoms with van der Waals surface area (Å²) in [6.07, 6.45) is -2.28. The van der Waals surface area contributed by atoms with Gasteiger partial charge in [-0.2, -0.15) is 0 Å². The smallest absolute Gasteiger partial charge is 0.264 e. The van der Waals surface area contributed by atoms with Gasteiger partial charge in [-0.3, -0.25) is 4.79 Å². The van der Waals surface area contributed by atoms with Crippen molar-refractivity contribution in [3.8, 4) is 0 Å². The fourth-order valence-electron chi connectivity index (χ4n) is 1.42. The van der Waals surface area contributed by atoms with Gasteiger partial charge >= 0.3 is 0 Å². The molecule has 1 rings (SSSR count). The number of benzene rings is 1. The zero-order valence-electron chi connectivity index (χ0n) is 8.84. The van der Waals surface area contributed by atoms with Crippen LogP contribution in [0.4, 0.5) is 8.78 Å². The fourth-order valence-corrected chi connectivity index (χ4v) is 1.42. The lowest BCUT2D eigenvalue weighted by Gasteiger charge is -2.08. The summed E-state index contributed by atoms with van der Waals surface area (Å²) in [5, 5.41) is 0. The quantitative estimate of drug-likeness (QED) is 0.693. The van der Waals surface area contributed by atoms with Crippen LogP contribution in [0.25, 0.3) is 0 Å². The van der Waals surface area contributed by atoms with E-state index in [1.165, 1.54) is 18.2 Å². The number of rotatable bonds is 4. The summed E-state index contributed by atoms with van der Waals surface area (Å²) in [5.41, 5.74) is -0.00986. The van der Waals surface area contributed by atoms with Crippen molar-refractivity contribution in [2.75, 3.05) is 0 Å². The highest BCUT2D eigenvalue weighted by Crippen LogP contribution is 2.24. The van der Waals surface area contributed by atoms with Gasteiger partial charge in [0.05, 0.1) is 0 Å². The van der Waals surface area contributed by atoms with E-state index in [1.54, 1.807) is 6.07 Å². The lowest BCUT2D eigenvalue weighted by atomic mass is 9.97. The van der Waals surface area contributed by atoms with Crippen LogP contribution < -0.4 is 0 Å². The number of halogens is 2. The normalized spacial score (nSPS) is 11.1. The minimum absolute atomic E-state index is 0.154. The number of Topliss-reactive ketones (excluding diaryl/α,β-unsaturated/α-hetero) is 1. The number of carbonyl (C=O) groups is 1. The van der Waals surface area contributed by atoms with Crippen LogP contribution in [0.15, 0.2) is 24.3 Å². The van der Waals surface area contributed by atoms with Gasteiger partial charge in [0.15, 0.2) is 5.78 Å². The van der Waals surface area contributed by atoms with Crippen LogP contribution in [0.3, 0.4) is 0 Å². The average Bonchev–Trinajstić information content (AvgIpc) is 2.16. The van der Waals surface area contributed by atoms with E-state index in [9.17, 15) is 13.6 Å². The van der Waals surface area contributed by atoms with E-state index in [4.69, 9.17) is 0 Å². The average molecular weight is 212 g/mol. The third-order valence-corrected chi connectivity index (χ3v) is 2.09. The molecule has 82 valence electrons. The first kappa shape index (κ1) is 11.8. The van der Waals surface area contributed by atoms with Crippen LogP contribution in [0.2, 0.25) is 0 Å². The second-order valence-corrected chi connectivity index (χ2v) is 3.91. The van der Waals surface area contributed by atoms with Gasteiger partial charge in [-0.15, -0.1) is 0 Å². The number of ketones is 1. The minimum atomic E-state index is -2.59. The van der Waals surface area contributed by atoms with Gasteiger partial charge in [-0.25, -0.2) is 8.78 Å². The molecule has 0 radical (unpaired) electrons. The molecular weight excluding hydrogens is 198 g/mol. The Bertz CT molecular complexity index is 345. The molecule has 0 aliphatic carbocycles. The molecule has 0 fully saturated rings. The third-order valence-electron chi connectivity index (χ3n) is 2.09. The first-order valence-electron chi connectivity index (χ1n) is 4.92. The number of hydrogen-bond acceptors (Lipinski definition) is 1. The highest BCUT2D eigenvalue weighted by molar-refractivity contribution is 5.97. The Morgan fingerprint density at radius 1 is 1.27 bits per heavy atom. The summed E-state index contributed by atoms with van der Waals surface area (Å²) in [4.78, 5) is 11.6. The summed E-state index contributed by atoms with van der Waals surface area (Å²) < 4.78 is 25.1. The van der Waals surface area contributed by atoms with Gasteiger partial charge in [0.1, 0.15) is 0 Å². The second-order valence-electron chi connectivity index (χ2n) is 3.91.